The van der Waals surface area contributed by atoms with Gasteiger partial charge in [0, 0.05) is 17.7 Å². The second kappa shape index (κ2) is 6.10. The Bertz CT molecular complexity index is 426. The Morgan fingerprint density at radius 1 is 1.37 bits per heavy atom. The normalized spacial score (nSPS) is 13.6. The van der Waals surface area contributed by atoms with Crippen LogP contribution in [-0.4, -0.2) is 31.1 Å². The number of halogens is 4. The van der Waals surface area contributed by atoms with Gasteiger partial charge >= 0.3 is 12.3 Å². The molecular weight excluding hydrogens is 266 g/mol. The molecule has 19 heavy (non-hydrogen) atoms. The smallest absolute Gasteiger partial charge is 0.319 e. The van der Waals surface area contributed by atoms with Crippen molar-refractivity contribution < 1.29 is 27.4 Å². The van der Waals surface area contributed by atoms with Gasteiger partial charge in [-0.05, 0) is 13.0 Å². The first-order chi connectivity index (χ1) is 8.77. The summed E-state index contributed by atoms with van der Waals surface area (Å²) in [6.07, 6.45) is -3.73. The lowest BCUT2D eigenvalue weighted by atomic mass is 10.1. The minimum absolute atomic E-state index is 0.153. The Hall–Kier alpha value is -1.50. The fraction of sp³-hybridized carbons (Fsp3) is 0.500. The molecule has 0 aliphatic rings. The molecule has 0 heterocycles. The van der Waals surface area contributed by atoms with E-state index >= 15 is 0 Å². The average molecular weight is 281 g/mol. The van der Waals surface area contributed by atoms with E-state index in [0.717, 1.165) is 0 Å². The second-order valence-corrected chi connectivity index (χ2v) is 4.09. The van der Waals surface area contributed by atoms with Gasteiger partial charge in [-0.1, -0.05) is 6.07 Å². The van der Waals surface area contributed by atoms with E-state index in [1.807, 2.05) is 0 Å². The summed E-state index contributed by atoms with van der Waals surface area (Å²) in [6.45, 7) is 0.320. The zero-order chi connectivity index (χ0) is 14.6. The van der Waals surface area contributed by atoms with Crippen molar-refractivity contribution in [1.82, 2.24) is 5.32 Å². The third-order valence-corrected chi connectivity index (χ3v) is 2.67. The molecule has 1 unspecified atom stereocenters. The summed E-state index contributed by atoms with van der Waals surface area (Å²) >= 11 is 0. The third kappa shape index (κ3) is 3.99. The van der Waals surface area contributed by atoms with Crippen molar-refractivity contribution in [2.75, 3.05) is 13.7 Å². The molecule has 0 saturated carbocycles. The van der Waals surface area contributed by atoms with Gasteiger partial charge in [0.05, 0.1) is 13.7 Å². The SMILES string of the molecule is COc1ccc(C(C)NCC(F)(F)C(F)F)c(O)c1. The number of rotatable bonds is 6. The number of phenols is 1. The summed E-state index contributed by atoms with van der Waals surface area (Å²) < 4.78 is 54.3. The van der Waals surface area contributed by atoms with Crippen molar-refractivity contribution in [2.45, 2.75) is 25.3 Å². The molecule has 0 saturated heterocycles. The second-order valence-electron chi connectivity index (χ2n) is 4.09. The Morgan fingerprint density at radius 2 is 2.00 bits per heavy atom. The van der Waals surface area contributed by atoms with Gasteiger partial charge < -0.3 is 15.2 Å². The summed E-state index contributed by atoms with van der Waals surface area (Å²) in [5.41, 5.74) is 0.325. The van der Waals surface area contributed by atoms with Gasteiger partial charge in [0.15, 0.2) is 0 Å². The van der Waals surface area contributed by atoms with Crippen molar-refractivity contribution in [1.29, 1.82) is 0 Å². The zero-order valence-electron chi connectivity index (χ0n) is 10.5. The van der Waals surface area contributed by atoms with E-state index in [4.69, 9.17) is 4.74 Å². The number of aromatic hydroxyl groups is 1. The lowest BCUT2D eigenvalue weighted by molar-refractivity contribution is -0.126. The topological polar surface area (TPSA) is 41.5 Å². The first kappa shape index (κ1) is 15.6. The highest BCUT2D eigenvalue weighted by molar-refractivity contribution is 5.41. The monoisotopic (exact) mass is 281 g/mol. The molecule has 0 amide bonds. The molecule has 1 aromatic rings. The lowest BCUT2D eigenvalue weighted by Crippen LogP contribution is -2.39. The first-order valence-corrected chi connectivity index (χ1v) is 5.54. The fourth-order valence-electron chi connectivity index (χ4n) is 1.49. The highest BCUT2D eigenvalue weighted by Crippen LogP contribution is 2.29. The molecule has 108 valence electrons. The third-order valence-electron chi connectivity index (χ3n) is 2.67. The van der Waals surface area contributed by atoms with E-state index in [0.29, 0.717) is 11.3 Å². The predicted molar refractivity (Wildman–Crippen MR) is 62.0 cm³/mol. The van der Waals surface area contributed by atoms with Crippen LogP contribution in [0.15, 0.2) is 18.2 Å². The van der Waals surface area contributed by atoms with Crippen LogP contribution in [0.1, 0.15) is 18.5 Å². The van der Waals surface area contributed by atoms with Crippen molar-refractivity contribution in [3.8, 4) is 11.5 Å². The number of ether oxygens (including phenoxy) is 1. The van der Waals surface area contributed by atoms with Gasteiger partial charge in [-0.2, -0.15) is 8.78 Å². The van der Waals surface area contributed by atoms with E-state index in [1.54, 1.807) is 6.07 Å². The van der Waals surface area contributed by atoms with Crippen LogP contribution in [-0.2, 0) is 0 Å². The van der Waals surface area contributed by atoms with E-state index in [2.05, 4.69) is 5.32 Å². The fourth-order valence-corrected chi connectivity index (χ4v) is 1.49. The molecule has 0 spiro atoms. The number of methoxy groups -OCH3 is 1. The average Bonchev–Trinajstić information content (AvgIpc) is 2.35. The van der Waals surface area contributed by atoms with Crippen LogP contribution < -0.4 is 10.1 Å². The highest BCUT2D eigenvalue weighted by Gasteiger charge is 2.40. The maximum absolute atomic E-state index is 12.7. The molecule has 0 radical (unpaired) electrons. The van der Waals surface area contributed by atoms with Crippen LogP contribution in [0, 0.1) is 0 Å². The van der Waals surface area contributed by atoms with Crippen LogP contribution >= 0.6 is 0 Å². The van der Waals surface area contributed by atoms with Crippen LogP contribution in [0.3, 0.4) is 0 Å². The number of hydrogen-bond donors (Lipinski definition) is 2. The molecule has 0 bridgehead atoms. The van der Waals surface area contributed by atoms with Gasteiger partial charge in [-0.3, -0.25) is 0 Å². The summed E-state index contributed by atoms with van der Waals surface area (Å²) in [5, 5.41) is 11.9. The molecular formula is C12H15F4NO2. The van der Waals surface area contributed by atoms with Crippen molar-refractivity contribution >= 4 is 0 Å². The molecule has 1 aromatic carbocycles. The maximum Gasteiger partial charge on any atom is 0.319 e. The van der Waals surface area contributed by atoms with Crippen LogP contribution in [0.2, 0.25) is 0 Å². The number of phenolic OH excluding ortho intramolecular Hbond substituents is 1. The van der Waals surface area contributed by atoms with Gasteiger partial charge in [-0.15, -0.1) is 0 Å². The molecule has 1 rings (SSSR count). The molecule has 0 fully saturated rings. The molecule has 2 N–H and O–H groups in total. The minimum Gasteiger partial charge on any atom is -0.507 e. The molecule has 0 aliphatic heterocycles. The predicted octanol–water partition coefficient (Wildman–Crippen LogP) is 2.95. The number of benzene rings is 1. The molecule has 3 nitrogen and oxygen atoms in total. The molecule has 7 heteroatoms. The summed E-state index contributed by atoms with van der Waals surface area (Å²) in [6, 6.07) is 3.64. The Labute approximate surface area is 108 Å². The van der Waals surface area contributed by atoms with Crippen LogP contribution in [0.25, 0.3) is 0 Å². The number of hydrogen-bond acceptors (Lipinski definition) is 3. The summed E-state index contributed by atoms with van der Waals surface area (Å²) in [5.74, 6) is -3.85. The van der Waals surface area contributed by atoms with Gasteiger partial charge in [-0.25, -0.2) is 8.78 Å². The maximum atomic E-state index is 12.7. The first-order valence-electron chi connectivity index (χ1n) is 5.54. The van der Waals surface area contributed by atoms with Crippen molar-refractivity contribution in [3.63, 3.8) is 0 Å². The van der Waals surface area contributed by atoms with E-state index in [9.17, 15) is 22.7 Å². The zero-order valence-corrected chi connectivity index (χ0v) is 10.5. The lowest BCUT2D eigenvalue weighted by Gasteiger charge is -2.20. The standard InChI is InChI=1S/C12H15F4NO2/c1-7(17-6-12(15,16)11(13)14)9-4-3-8(19-2)5-10(9)18/h3-5,7,11,17-18H,6H2,1-2H3. The highest BCUT2D eigenvalue weighted by atomic mass is 19.3. The summed E-state index contributed by atoms with van der Waals surface area (Å²) in [4.78, 5) is 0. The van der Waals surface area contributed by atoms with Gasteiger partial charge in [0.1, 0.15) is 11.5 Å². The van der Waals surface area contributed by atoms with Crippen molar-refractivity contribution in [3.05, 3.63) is 23.8 Å². The molecule has 0 aliphatic carbocycles. The van der Waals surface area contributed by atoms with Gasteiger partial charge in [0.25, 0.3) is 0 Å². The van der Waals surface area contributed by atoms with Crippen LogP contribution in [0.5, 0.6) is 11.5 Å². The Kier molecular flexibility index (Phi) is 4.99. The molecule has 1 atom stereocenters. The van der Waals surface area contributed by atoms with E-state index < -0.39 is 24.9 Å². The van der Waals surface area contributed by atoms with E-state index in [1.165, 1.54) is 26.2 Å². The van der Waals surface area contributed by atoms with Crippen LogP contribution in [0.4, 0.5) is 17.6 Å². The Balaban J connectivity index is 2.71. The van der Waals surface area contributed by atoms with Crippen molar-refractivity contribution in [2.24, 2.45) is 0 Å². The summed E-state index contributed by atoms with van der Waals surface area (Å²) in [7, 11) is 1.42. The quantitative estimate of drug-likeness (QED) is 0.788. The number of nitrogens with one attached hydrogen (secondary N) is 1. The number of alkyl halides is 4. The molecule has 0 aromatic heterocycles. The van der Waals surface area contributed by atoms with E-state index in [-0.39, 0.29) is 5.75 Å². The van der Waals surface area contributed by atoms with Gasteiger partial charge in [0.2, 0.25) is 0 Å². The largest absolute Gasteiger partial charge is 0.507 e. The Morgan fingerprint density at radius 3 is 2.47 bits per heavy atom. The minimum atomic E-state index is -4.10.